The molecule has 0 atom stereocenters. The Morgan fingerprint density at radius 2 is 0.765 bits per heavy atom. The summed E-state index contributed by atoms with van der Waals surface area (Å²) in [6.45, 7) is 8.98. The average molecular weight is 435 g/mol. The molecule has 0 radical (unpaired) electrons. The van der Waals surface area contributed by atoms with E-state index in [-0.39, 0.29) is 0 Å². The summed E-state index contributed by atoms with van der Waals surface area (Å²) in [6.07, 6.45) is 0. The summed E-state index contributed by atoms with van der Waals surface area (Å²) in [5.41, 5.74) is 11.2. The Balaban J connectivity index is 1.52. The molecule has 0 amide bonds. The summed E-state index contributed by atoms with van der Waals surface area (Å²) in [4.78, 5) is 0. The molecule has 0 aromatic heterocycles. The molecule has 0 saturated heterocycles. The molecule has 0 spiro atoms. The van der Waals surface area contributed by atoms with E-state index >= 15 is 0 Å². The zero-order valence-electron chi connectivity index (χ0n) is 19.1. The van der Waals surface area contributed by atoms with E-state index in [9.17, 15) is 0 Å². The van der Waals surface area contributed by atoms with Gasteiger partial charge < -0.3 is 0 Å². The Kier molecular flexibility index (Phi) is 6.05. The van der Waals surface area contributed by atoms with Crippen LogP contribution in [0.25, 0.3) is 33.4 Å². The molecule has 0 saturated carbocycles. The maximum atomic E-state index is 4.49. The average Bonchev–Trinajstić information content (AvgIpc) is 2.93. The first-order chi connectivity index (χ1) is 16.7. The molecule has 34 heavy (non-hydrogen) atoms. The zero-order chi connectivity index (χ0) is 23.3. The SMILES string of the molecule is C=C(c1cccc(C(=C)c2ccccc2-c2ccccc2)c1)c1ccccc1-c1ccccc1. The highest BCUT2D eigenvalue weighted by Crippen LogP contribution is 2.35. The van der Waals surface area contributed by atoms with Crippen molar-refractivity contribution >= 4 is 11.1 Å². The van der Waals surface area contributed by atoms with Crippen LogP contribution in [0.3, 0.4) is 0 Å². The Labute approximate surface area is 202 Å². The normalized spacial score (nSPS) is 10.6. The van der Waals surface area contributed by atoms with Crippen LogP contribution in [0.15, 0.2) is 147 Å². The third-order valence-electron chi connectivity index (χ3n) is 6.23. The molecule has 0 fully saturated rings. The Hall–Kier alpha value is -4.42. The van der Waals surface area contributed by atoms with Gasteiger partial charge in [0.05, 0.1) is 0 Å². The molecule has 0 heterocycles. The van der Waals surface area contributed by atoms with Crippen molar-refractivity contribution in [3.8, 4) is 22.3 Å². The lowest BCUT2D eigenvalue weighted by atomic mass is 9.88. The van der Waals surface area contributed by atoms with Crippen molar-refractivity contribution < 1.29 is 0 Å². The Morgan fingerprint density at radius 1 is 0.382 bits per heavy atom. The Bertz CT molecular complexity index is 1350. The van der Waals surface area contributed by atoms with Crippen molar-refractivity contribution in [3.63, 3.8) is 0 Å². The standard InChI is InChI=1S/C34H26/c1-25(31-20-9-11-22-33(31)27-14-5-3-6-15-27)29-18-13-19-30(24-29)26(2)32-21-10-12-23-34(32)28-16-7-4-8-17-28/h3-24H,1-2H2. The topological polar surface area (TPSA) is 0 Å². The summed E-state index contributed by atoms with van der Waals surface area (Å²) in [5, 5.41) is 0. The van der Waals surface area contributed by atoms with E-state index in [1.165, 1.54) is 22.3 Å². The fraction of sp³-hybridized carbons (Fsp3) is 0. The third-order valence-corrected chi connectivity index (χ3v) is 6.23. The van der Waals surface area contributed by atoms with Crippen LogP contribution in [0.1, 0.15) is 22.3 Å². The van der Waals surface area contributed by atoms with Gasteiger partial charge in [-0.25, -0.2) is 0 Å². The summed E-state index contributed by atoms with van der Waals surface area (Å²) in [7, 11) is 0. The largest absolute Gasteiger partial charge is 0.0905 e. The van der Waals surface area contributed by atoms with Crippen LogP contribution in [-0.2, 0) is 0 Å². The first-order valence-corrected chi connectivity index (χ1v) is 11.5. The van der Waals surface area contributed by atoms with Crippen LogP contribution >= 0.6 is 0 Å². The molecule has 0 nitrogen and oxygen atoms in total. The molecule has 0 aliphatic heterocycles. The van der Waals surface area contributed by atoms with Crippen LogP contribution in [-0.4, -0.2) is 0 Å². The first-order valence-electron chi connectivity index (χ1n) is 11.5. The molecule has 5 aromatic rings. The maximum Gasteiger partial charge on any atom is -0.0105 e. The molecule has 0 aliphatic rings. The van der Waals surface area contributed by atoms with E-state index in [2.05, 4.69) is 134 Å². The van der Waals surface area contributed by atoms with E-state index < -0.39 is 0 Å². The maximum absolute atomic E-state index is 4.49. The van der Waals surface area contributed by atoms with Gasteiger partial charge in [0, 0.05) is 0 Å². The van der Waals surface area contributed by atoms with Crippen molar-refractivity contribution in [2.45, 2.75) is 0 Å². The summed E-state index contributed by atoms with van der Waals surface area (Å²) < 4.78 is 0. The third kappa shape index (κ3) is 4.27. The second-order valence-electron chi connectivity index (χ2n) is 8.36. The van der Waals surface area contributed by atoms with E-state index in [0.29, 0.717) is 0 Å². The number of benzene rings is 5. The number of hydrogen-bond acceptors (Lipinski definition) is 0. The lowest BCUT2D eigenvalue weighted by Gasteiger charge is -2.16. The van der Waals surface area contributed by atoms with Crippen LogP contribution < -0.4 is 0 Å². The molecule has 162 valence electrons. The summed E-state index contributed by atoms with van der Waals surface area (Å²) >= 11 is 0. The van der Waals surface area contributed by atoms with Gasteiger partial charge in [-0.3, -0.25) is 0 Å². The molecule has 0 bridgehead atoms. The zero-order valence-corrected chi connectivity index (χ0v) is 19.1. The van der Waals surface area contributed by atoms with Crippen LogP contribution in [0.2, 0.25) is 0 Å². The van der Waals surface area contributed by atoms with Gasteiger partial charge in [0.15, 0.2) is 0 Å². The highest BCUT2D eigenvalue weighted by atomic mass is 14.2. The quantitative estimate of drug-likeness (QED) is 0.250. The molecule has 0 aliphatic carbocycles. The van der Waals surface area contributed by atoms with Crippen molar-refractivity contribution in [2.75, 3.05) is 0 Å². The van der Waals surface area contributed by atoms with Crippen molar-refractivity contribution in [2.24, 2.45) is 0 Å². The lowest BCUT2D eigenvalue weighted by molar-refractivity contribution is 1.50. The summed E-state index contributed by atoms with van der Waals surface area (Å²) in [5.74, 6) is 0. The minimum Gasteiger partial charge on any atom is -0.0905 e. The van der Waals surface area contributed by atoms with Gasteiger partial charge in [0.1, 0.15) is 0 Å². The monoisotopic (exact) mass is 434 g/mol. The fourth-order valence-electron chi connectivity index (χ4n) is 4.44. The number of hydrogen-bond donors (Lipinski definition) is 0. The Morgan fingerprint density at radius 3 is 1.21 bits per heavy atom. The molecular formula is C34H26. The summed E-state index contributed by atoms with van der Waals surface area (Å²) in [6, 6.07) is 46.4. The molecule has 5 rings (SSSR count). The second-order valence-corrected chi connectivity index (χ2v) is 8.36. The fourth-order valence-corrected chi connectivity index (χ4v) is 4.44. The molecule has 0 N–H and O–H groups in total. The van der Waals surface area contributed by atoms with Crippen molar-refractivity contribution in [3.05, 3.63) is 169 Å². The van der Waals surface area contributed by atoms with Crippen LogP contribution in [0, 0.1) is 0 Å². The molecule has 0 heteroatoms. The van der Waals surface area contributed by atoms with E-state index in [1.807, 2.05) is 12.1 Å². The van der Waals surface area contributed by atoms with Crippen LogP contribution in [0.4, 0.5) is 0 Å². The van der Waals surface area contributed by atoms with Crippen molar-refractivity contribution in [1.29, 1.82) is 0 Å². The van der Waals surface area contributed by atoms with Gasteiger partial charge in [-0.15, -0.1) is 0 Å². The van der Waals surface area contributed by atoms with Gasteiger partial charge >= 0.3 is 0 Å². The van der Waals surface area contributed by atoms with Gasteiger partial charge in [-0.2, -0.15) is 0 Å². The van der Waals surface area contributed by atoms with E-state index in [0.717, 1.165) is 33.4 Å². The predicted octanol–water partition coefficient (Wildman–Crippen LogP) is 9.14. The highest BCUT2D eigenvalue weighted by molar-refractivity contribution is 5.91. The number of rotatable bonds is 6. The van der Waals surface area contributed by atoms with Gasteiger partial charge in [0.25, 0.3) is 0 Å². The van der Waals surface area contributed by atoms with E-state index in [1.54, 1.807) is 0 Å². The predicted molar refractivity (Wildman–Crippen MR) is 146 cm³/mol. The van der Waals surface area contributed by atoms with E-state index in [4.69, 9.17) is 0 Å². The second kappa shape index (κ2) is 9.60. The molecule has 0 unspecified atom stereocenters. The first kappa shape index (κ1) is 21.4. The highest BCUT2D eigenvalue weighted by Gasteiger charge is 2.13. The van der Waals surface area contributed by atoms with Gasteiger partial charge in [-0.1, -0.05) is 141 Å². The van der Waals surface area contributed by atoms with Gasteiger partial charge in [-0.05, 0) is 61.7 Å². The molecular weight excluding hydrogens is 408 g/mol. The van der Waals surface area contributed by atoms with Crippen molar-refractivity contribution in [1.82, 2.24) is 0 Å². The minimum absolute atomic E-state index is 1.01. The lowest BCUT2D eigenvalue weighted by Crippen LogP contribution is -1.94. The minimum atomic E-state index is 1.01. The smallest absolute Gasteiger partial charge is 0.0105 e. The van der Waals surface area contributed by atoms with Gasteiger partial charge in [0.2, 0.25) is 0 Å². The molecule has 5 aromatic carbocycles. The van der Waals surface area contributed by atoms with Crippen LogP contribution in [0.5, 0.6) is 0 Å².